The first kappa shape index (κ1) is 21.0. The van der Waals surface area contributed by atoms with Crippen LogP contribution in [0.25, 0.3) is 0 Å². The first-order valence-electron chi connectivity index (χ1n) is 9.21. The van der Waals surface area contributed by atoms with Gasteiger partial charge >= 0.3 is 12.1 Å². The minimum absolute atomic E-state index is 0.250. The lowest BCUT2D eigenvalue weighted by Crippen LogP contribution is -2.50. The monoisotopic (exact) mass is 378 g/mol. The zero-order valence-corrected chi connectivity index (χ0v) is 16.9. The Bertz CT molecular complexity index is 661. The maximum atomic E-state index is 12.1. The van der Waals surface area contributed by atoms with Crippen molar-refractivity contribution in [3.63, 3.8) is 0 Å². The lowest BCUT2D eigenvalue weighted by atomic mass is 10.1. The van der Waals surface area contributed by atoms with E-state index in [1.165, 1.54) is 7.11 Å². The molecule has 1 aromatic carbocycles. The van der Waals surface area contributed by atoms with Crippen LogP contribution >= 0.6 is 0 Å². The molecule has 1 aromatic rings. The van der Waals surface area contributed by atoms with Gasteiger partial charge in [-0.25, -0.2) is 9.59 Å². The predicted octanol–water partition coefficient (Wildman–Crippen LogP) is 2.71. The number of hydrogen-bond donors (Lipinski definition) is 0. The lowest BCUT2D eigenvalue weighted by Gasteiger charge is -2.35. The maximum Gasteiger partial charge on any atom is 0.410 e. The second kappa shape index (κ2) is 9.08. The van der Waals surface area contributed by atoms with E-state index >= 15 is 0 Å². The lowest BCUT2D eigenvalue weighted by molar-refractivity contribution is 0.0137. The third-order valence-corrected chi connectivity index (χ3v) is 4.29. The molecule has 0 aliphatic carbocycles. The van der Waals surface area contributed by atoms with Crippen molar-refractivity contribution < 1.29 is 23.8 Å². The first-order chi connectivity index (χ1) is 12.7. The average molecular weight is 378 g/mol. The van der Waals surface area contributed by atoms with Gasteiger partial charge in [-0.3, -0.25) is 4.90 Å². The highest BCUT2D eigenvalue weighted by Crippen LogP contribution is 2.20. The number of hydrogen-bond acceptors (Lipinski definition) is 6. The largest absolute Gasteiger partial charge is 0.492 e. The molecule has 0 spiro atoms. The van der Waals surface area contributed by atoms with Gasteiger partial charge in [0, 0.05) is 32.7 Å². The van der Waals surface area contributed by atoms with E-state index in [-0.39, 0.29) is 12.1 Å². The van der Waals surface area contributed by atoms with Gasteiger partial charge < -0.3 is 19.1 Å². The van der Waals surface area contributed by atoms with Crippen LogP contribution in [0.1, 0.15) is 36.7 Å². The van der Waals surface area contributed by atoms with Crippen LogP contribution in [0.15, 0.2) is 18.2 Å². The van der Waals surface area contributed by atoms with E-state index in [2.05, 4.69) is 4.90 Å². The van der Waals surface area contributed by atoms with E-state index in [4.69, 9.17) is 14.2 Å². The molecule has 7 heteroatoms. The molecule has 150 valence electrons. The van der Waals surface area contributed by atoms with Crippen LogP contribution in [0.4, 0.5) is 4.79 Å². The molecule has 0 aromatic heterocycles. The van der Waals surface area contributed by atoms with Crippen molar-refractivity contribution in [2.24, 2.45) is 0 Å². The Morgan fingerprint density at radius 3 is 2.33 bits per heavy atom. The fourth-order valence-electron chi connectivity index (χ4n) is 2.82. The number of benzene rings is 1. The summed E-state index contributed by atoms with van der Waals surface area (Å²) in [6.45, 7) is 11.7. The van der Waals surface area contributed by atoms with Crippen LogP contribution < -0.4 is 4.74 Å². The summed E-state index contributed by atoms with van der Waals surface area (Å²) in [5.74, 6) is 0.405. The minimum atomic E-state index is -0.469. The van der Waals surface area contributed by atoms with E-state index in [1.54, 1.807) is 23.1 Å². The molecule has 0 radical (unpaired) electrons. The summed E-state index contributed by atoms with van der Waals surface area (Å²) in [7, 11) is 1.37. The molecule has 1 aliphatic heterocycles. The molecule has 2 rings (SSSR count). The van der Waals surface area contributed by atoms with Crippen LogP contribution in [0.5, 0.6) is 5.75 Å². The van der Waals surface area contributed by atoms with Gasteiger partial charge in [0.05, 0.1) is 12.7 Å². The SMILES string of the molecule is COC(=O)c1ccc(OCCN2CCN(C(=O)OC(C)(C)C)CC2)c(C)c1. The van der Waals surface area contributed by atoms with Crippen LogP contribution in [-0.2, 0) is 9.47 Å². The van der Waals surface area contributed by atoms with Crippen molar-refractivity contribution in [1.29, 1.82) is 0 Å². The Hall–Kier alpha value is -2.28. The summed E-state index contributed by atoms with van der Waals surface area (Å²) >= 11 is 0. The van der Waals surface area contributed by atoms with Gasteiger partial charge in [0.2, 0.25) is 0 Å². The molecular weight excluding hydrogens is 348 g/mol. The smallest absolute Gasteiger partial charge is 0.410 e. The third-order valence-electron chi connectivity index (χ3n) is 4.29. The molecule has 0 bridgehead atoms. The summed E-state index contributed by atoms with van der Waals surface area (Å²) < 4.78 is 16.0. The summed E-state index contributed by atoms with van der Waals surface area (Å²) in [5.41, 5.74) is 0.942. The van der Waals surface area contributed by atoms with E-state index in [9.17, 15) is 9.59 Å². The van der Waals surface area contributed by atoms with Gasteiger partial charge in [0.15, 0.2) is 0 Å². The number of carbonyl (C=O) groups excluding carboxylic acids is 2. The molecule has 0 N–H and O–H groups in total. The third kappa shape index (κ3) is 6.43. The highest BCUT2D eigenvalue weighted by atomic mass is 16.6. The number of amides is 1. The normalized spacial score (nSPS) is 15.4. The van der Waals surface area contributed by atoms with Gasteiger partial charge in [-0.05, 0) is 51.5 Å². The van der Waals surface area contributed by atoms with E-state index in [0.717, 1.165) is 30.9 Å². The topological polar surface area (TPSA) is 68.3 Å². The van der Waals surface area contributed by atoms with Crippen molar-refractivity contribution in [3.05, 3.63) is 29.3 Å². The van der Waals surface area contributed by atoms with E-state index in [1.807, 2.05) is 27.7 Å². The van der Waals surface area contributed by atoms with Crippen molar-refractivity contribution >= 4 is 12.1 Å². The molecule has 0 saturated carbocycles. The molecule has 1 saturated heterocycles. The molecule has 27 heavy (non-hydrogen) atoms. The van der Waals surface area contributed by atoms with Crippen LogP contribution in [0.3, 0.4) is 0 Å². The number of rotatable bonds is 5. The number of carbonyl (C=O) groups is 2. The van der Waals surface area contributed by atoms with Crippen molar-refractivity contribution in [2.75, 3.05) is 46.4 Å². The Morgan fingerprint density at radius 2 is 1.78 bits per heavy atom. The highest BCUT2D eigenvalue weighted by Gasteiger charge is 2.25. The van der Waals surface area contributed by atoms with Gasteiger partial charge in [0.1, 0.15) is 18.0 Å². The summed E-state index contributed by atoms with van der Waals surface area (Å²) in [6, 6.07) is 5.26. The van der Waals surface area contributed by atoms with Crippen LogP contribution in [0, 0.1) is 6.92 Å². The fraction of sp³-hybridized carbons (Fsp3) is 0.600. The molecule has 0 unspecified atom stereocenters. The standard InChI is InChI=1S/C20H30N2O5/c1-15-14-16(18(23)25-5)6-7-17(15)26-13-12-21-8-10-22(11-9-21)19(24)27-20(2,3)4/h6-7,14H,8-13H2,1-5H3. The zero-order valence-electron chi connectivity index (χ0n) is 16.9. The summed E-state index contributed by atoms with van der Waals surface area (Å²) in [4.78, 5) is 27.6. The second-order valence-electron chi connectivity index (χ2n) is 7.63. The van der Waals surface area contributed by atoms with E-state index < -0.39 is 5.60 Å². The second-order valence-corrected chi connectivity index (χ2v) is 7.63. The number of piperazine rings is 1. The maximum absolute atomic E-state index is 12.1. The predicted molar refractivity (Wildman–Crippen MR) is 102 cm³/mol. The molecule has 7 nitrogen and oxygen atoms in total. The van der Waals surface area contributed by atoms with Gasteiger partial charge in [-0.15, -0.1) is 0 Å². The van der Waals surface area contributed by atoms with Crippen molar-refractivity contribution in [2.45, 2.75) is 33.3 Å². The molecule has 0 atom stereocenters. The Kier molecular flexibility index (Phi) is 7.07. The summed E-state index contributed by atoms with van der Waals surface area (Å²) in [6.07, 6.45) is -0.250. The number of nitrogens with zero attached hydrogens (tertiary/aromatic N) is 2. The van der Waals surface area contributed by atoms with Crippen LogP contribution in [0.2, 0.25) is 0 Å². The molecule has 1 fully saturated rings. The number of aryl methyl sites for hydroxylation is 1. The molecule has 1 heterocycles. The van der Waals surface area contributed by atoms with Crippen molar-refractivity contribution in [1.82, 2.24) is 9.80 Å². The molecule has 1 amide bonds. The summed E-state index contributed by atoms with van der Waals surface area (Å²) in [5, 5.41) is 0. The van der Waals surface area contributed by atoms with Gasteiger partial charge in [-0.2, -0.15) is 0 Å². The van der Waals surface area contributed by atoms with E-state index in [0.29, 0.717) is 25.3 Å². The Morgan fingerprint density at radius 1 is 1.11 bits per heavy atom. The molecular formula is C20H30N2O5. The van der Waals surface area contributed by atoms with Crippen molar-refractivity contribution in [3.8, 4) is 5.75 Å². The number of ether oxygens (including phenoxy) is 3. The van der Waals surface area contributed by atoms with Crippen LogP contribution in [-0.4, -0.2) is 73.9 Å². The first-order valence-corrected chi connectivity index (χ1v) is 9.21. The zero-order chi connectivity index (χ0) is 20.0. The van der Waals surface area contributed by atoms with Gasteiger partial charge in [-0.1, -0.05) is 0 Å². The minimum Gasteiger partial charge on any atom is -0.492 e. The van der Waals surface area contributed by atoms with Gasteiger partial charge in [0.25, 0.3) is 0 Å². The number of esters is 1. The highest BCUT2D eigenvalue weighted by molar-refractivity contribution is 5.89. The Balaban J connectivity index is 1.74. The average Bonchev–Trinajstić information content (AvgIpc) is 2.61. The Labute approximate surface area is 161 Å². The molecule has 1 aliphatic rings. The quantitative estimate of drug-likeness (QED) is 0.734. The fourth-order valence-corrected chi connectivity index (χ4v) is 2.82. The number of methoxy groups -OCH3 is 1.